The van der Waals surface area contributed by atoms with Crippen molar-refractivity contribution in [2.75, 3.05) is 33.0 Å². The van der Waals surface area contributed by atoms with Crippen LogP contribution in [0.4, 0.5) is 0 Å². The summed E-state index contributed by atoms with van der Waals surface area (Å²) in [5.74, 6) is 2.01. The van der Waals surface area contributed by atoms with Crippen LogP contribution in [0.15, 0.2) is 0 Å². The number of ether oxygens (including phenoxy) is 2. The average Bonchev–Trinajstić information content (AvgIpc) is 3.01. The first-order chi connectivity index (χ1) is 11.8. The molecule has 0 radical (unpaired) electrons. The zero-order chi connectivity index (χ0) is 16.4. The van der Waals surface area contributed by atoms with E-state index in [1.165, 1.54) is 25.7 Å². The molecule has 4 fully saturated rings. The number of hydrazine groups is 1. The zero-order valence-electron chi connectivity index (χ0n) is 14.9. The molecule has 6 nitrogen and oxygen atoms in total. The van der Waals surface area contributed by atoms with E-state index in [1.807, 2.05) is 0 Å². The molecule has 1 saturated carbocycles. The van der Waals surface area contributed by atoms with E-state index in [-0.39, 0.29) is 0 Å². The maximum absolute atomic E-state index is 6.37. The number of rotatable bonds is 0. The summed E-state index contributed by atoms with van der Waals surface area (Å²) in [4.78, 5) is 0. The van der Waals surface area contributed by atoms with Gasteiger partial charge >= 0.3 is 0 Å². The lowest BCUT2D eigenvalue weighted by atomic mass is 9.73. The molecule has 24 heavy (non-hydrogen) atoms. The second-order valence-corrected chi connectivity index (χ2v) is 8.29. The highest BCUT2D eigenvalue weighted by molar-refractivity contribution is 5.00. The van der Waals surface area contributed by atoms with Gasteiger partial charge in [-0.2, -0.15) is 0 Å². The Morgan fingerprint density at radius 1 is 0.958 bits per heavy atom. The highest BCUT2D eigenvalue weighted by Gasteiger charge is 2.44. The molecule has 7 atom stereocenters. The Morgan fingerprint density at radius 3 is 2.88 bits per heavy atom. The Kier molecular flexibility index (Phi) is 5.71. The second kappa shape index (κ2) is 7.98. The van der Waals surface area contributed by atoms with Crippen LogP contribution in [0.2, 0.25) is 0 Å². The SMILES string of the molecule is C[C@@H]1CCNCOCC2CNCC(C2)C2NNC3CCC(CC32)O1. The first kappa shape index (κ1) is 17.2. The van der Waals surface area contributed by atoms with Gasteiger partial charge < -0.3 is 14.8 Å². The molecule has 1 aliphatic carbocycles. The maximum atomic E-state index is 6.37. The summed E-state index contributed by atoms with van der Waals surface area (Å²) in [6.45, 7) is 6.92. The molecule has 4 rings (SSSR count). The van der Waals surface area contributed by atoms with Crippen molar-refractivity contribution in [1.29, 1.82) is 0 Å². The van der Waals surface area contributed by atoms with Gasteiger partial charge in [-0.1, -0.05) is 0 Å². The standard InChI is InChI=1S/C18H34N4O2/c1-12-4-5-19-11-23-10-13-6-14(9-20-8-13)18-16-7-15(24-12)2-3-17(16)21-22-18/h12-22H,2-11H2,1H3/t12-,13?,14?,15?,16?,17?,18?/m1/s1. The predicted octanol–water partition coefficient (Wildman–Crippen LogP) is 0.598. The molecule has 0 aromatic rings. The van der Waals surface area contributed by atoms with Gasteiger partial charge in [0.2, 0.25) is 0 Å². The van der Waals surface area contributed by atoms with E-state index in [2.05, 4.69) is 28.4 Å². The number of hydrogen-bond acceptors (Lipinski definition) is 6. The molecule has 6 heteroatoms. The third kappa shape index (κ3) is 3.94. The van der Waals surface area contributed by atoms with Crippen molar-refractivity contribution in [2.45, 2.75) is 63.3 Å². The van der Waals surface area contributed by atoms with Gasteiger partial charge in [0.1, 0.15) is 0 Å². The van der Waals surface area contributed by atoms with Gasteiger partial charge in [-0.05, 0) is 69.9 Å². The molecule has 3 saturated heterocycles. The molecular formula is C18H34N4O2. The summed E-state index contributed by atoms with van der Waals surface area (Å²) >= 11 is 0. The largest absolute Gasteiger partial charge is 0.375 e. The van der Waals surface area contributed by atoms with Crippen molar-refractivity contribution >= 4 is 0 Å². The molecule has 3 aliphatic heterocycles. The molecule has 0 amide bonds. The topological polar surface area (TPSA) is 66.6 Å². The number of hydrogen-bond donors (Lipinski definition) is 4. The molecule has 6 unspecified atom stereocenters. The zero-order valence-corrected chi connectivity index (χ0v) is 14.9. The van der Waals surface area contributed by atoms with Gasteiger partial charge in [0.05, 0.1) is 25.5 Å². The van der Waals surface area contributed by atoms with Crippen LogP contribution in [-0.2, 0) is 9.47 Å². The lowest BCUT2D eigenvalue weighted by Gasteiger charge is -2.39. The number of piperidine rings is 1. The van der Waals surface area contributed by atoms with Crippen LogP contribution in [0.25, 0.3) is 0 Å². The Bertz CT molecular complexity index is 410. The molecule has 138 valence electrons. The summed E-state index contributed by atoms with van der Waals surface area (Å²) < 4.78 is 12.2. The Hall–Kier alpha value is -0.240. The van der Waals surface area contributed by atoms with Gasteiger partial charge in [-0.15, -0.1) is 0 Å². The normalized spacial score (nSPS) is 47.6. The molecule has 0 spiro atoms. The molecule has 0 aromatic heterocycles. The minimum absolute atomic E-state index is 0.325. The van der Waals surface area contributed by atoms with E-state index in [9.17, 15) is 0 Å². The Balaban J connectivity index is 1.46. The maximum Gasteiger partial charge on any atom is 0.0965 e. The lowest BCUT2D eigenvalue weighted by molar-refractivity contribution is -0.0400. The molecule has 3 heterocycles. The first-order valence-corrected chi connectivity index (χ1v) is 9.95. The van der Waals surface area contributed by atoms with Gasteiger partial charge in [0.25, 0.3) is 0 Å². The van der Waals surface area contributed by atoms with E-state index in [4.69, 9.17) is 9.47 Å². The summed E-state index contributed by atoms with van der Waals surface area (Å²) in [7, 11) is 0. The van der Waals surface area contributed by atoms with E-state index < -0.39 is 0 Å². The lowest BCUT2D eigenvalue weighted by Crippen LogP contribution is -2.49. The average molecular weight is 338 g/mol. The van der Waals surface area contributed by atoms with E-state index >= 15 is 0 Å². The second-order valence-electron chi connectivity index (χ2n) is 8.29. The van der Waals surface area contributed by atoms with Crippen molar-refractivity contribution in [3.8, 4) is 0 Å². The van der Waals surface area contributed by atoms with Crippen LogP contribution in [0, 0.1) is 17.8 Å². The molecule has 4 N–H and O–H groups in total. The van der Waals surface area contributed by atoms with Crippen molar-refractivity contribution in [1.82, 2.24) is 21.5 Å². The highest BCUT2D eigenvalue weighted by atomic mass is 16.5. The van der Waals surface area contributed by atoms with Gasteiger partial charge in [-0.25, -0.2) is 0 Å². The summed E-state index contributed by atoms with van der Waals surface area (Å²) in [6, 6.07) is 1.19. The number of nitrogens with one attached hydrogen (secondary N) is 4. The quantitative estimate of drug-likeness (QED) is 0.519. The monoisotopic (exact) mass is 338 g/mol. The van der Waals surface area contributed by atoms with Crippen LogP contribution in [0.5, 0.6) is 0 Å². The van der Waals surface area contributed by atoms with Crippen LogP contribution in [-0.4, -0.2) is 57.3 Å². The molecule has 0 aromatic carbocycles. The van der Waals surface area contributed by atoms with Gasteiger partial charge in [-0.3, -0.25) is 16.2 Å². The Morgan fingerprint density at radius 2 is 1.92 bits per heavy atom. The van der Waals surface area contributed by atoms with Crippen LogP contribution < -0.4 is 21.5 Å². The summed E-state index contributed by atoms with van der Waals surface area (Å²) in [5.41, 5.74) is 7.23. The smallest absolute Gasteiger partial charge is 0.0965 e. The minimum atomic E-state index is 0.325. The highest BCUT2D eigenvalue weighted by Crippen LogP contribution is 2.37. The summed E-state index contributed by atoms with van der Waals surface area (Å²) in [6.07, 6.45) is 6.69. The third-order valence-electron chi connectivity index (χ3n) is 6.44. The minimum Gasteiger partial charge on any atom is -0.375 e. The van der Waals surface area contributed by atoms with Crippen LogP contribution >= 0.6 is 0 Å². The molecular weight excluding hydrogens is 304 g/mol. The van der Waals surface area contributed by atoms with Crippen molar-refractivity contribution in [3.63, 3.8) is 0 Å². The fraction of sp³-hybridized carbons (Fsp3) is 1.00. The van der Waals surface area contributed by atoms with Crippen LogP contribution in [0.1, 0.15) is 39.0 Å². The molecule has 4 bridgehead atoms. The summed E-state index contributed by atoms with van der Waals surface area (Å²) in [5, 5.41) is 7.04. The van der Waals surface area contributed by atoms with E-state index in [1.54, 1.807) is 0 Å². The predicted molar refractivity (Wildman–Crippen MR) is 93.4 cm³/mol. The number of fused-ring (bicyclic) bond motifs is 4. The van der Waals surface area contributed by atoms with Crippen LogP contribution in [0.3, 0.4) is 0 Å². The van der Waals surface area contributed by atoms with E-state index in [0.29, 0.717) is 48.8 Å². The van der Waals surface area contributed by atoms with Gasteiger partial charge in [0.15, 0.2) is 0 Å². The van der Waals surface area contributed by atoms with E-state index in [0.717, 1.165) is 32.7 Å². The van der Waals surface area contributed by atoms with Gasteiger partial charge in [0, 0.05) is 18.6 Å². The van der Waals surface area contributed by atoms with Crippen molar-refractivity contribution < 1.29 is 9.47 Å². The van der Waals surface area contributed by atoms with Crippen molar-refractivity contribution in [3.05, 3.63) is 0 Å². The fourth-order valence-corrected chi connectivity index (χ4v) is 5.18. The van der Waals surface area contributed by atoms with Crippen molar-refractivity contribution in [2.24, 2.45) is 17.8 Å². The molecule has 4 aliphatic rings. The fourth-order valence-electron chi connectivity index (χ4n) is 5.18. The third-order valence-corrected chi connectivity index (χ3v) is 6.44. The first-order valence-electron chi connectivity index (χ1n) is 9.95. The Labute approximate surface area is 145 Å².